The smallest absolute Gasteiger partial charge is 0.259 e. The number of aryl methyl sites for hydroxylation is 3. The van der Waals surface area contributed by atoms with Gasteiger partial charge in [0.15, 0.2) is 0 Å². The van der Waals surface area contributed by atoms with E-state index in [2.05, 4.69) is 5.32 Å². The fourth-order valence-electron chi connectivity index (χ4n) is 2.18. The van der Waals surface area contributed by atoms with Crippen LogP contribution in [0.4, 0.5) is 5.69 Å². The van der Waals surface area contributed by atoms with E-state index in [1.807, 2.05) is 19.9 Å². The molecular formula is C16H18N2O3. The molecule has 21 heavy (non-hydrogen) atoms. The largest absolute Gasteiger partial charge is 0.507 e. The van der Waals surface area contributed by atoms with Gasteiger partial charge in [-0.15, -0.1) is 0 Å². The standard InChI is InChI=1S/C16H18N2O3/c1-4-18-9-12(5-6-14(18)19)17-16(21)13-8-10(2)7-11(3)15(13)20/h5-9,20H,4H2,1-3H3,(H,17,21). The molecule has 1 aromatic carbocycles. The van der Waals surface area contributed by atoms with Crippen molar-refractivity contribution in [2.75, 3.05) is 5.32 Å². The lowest BCUT2D eigenvalue weighted by molar-refractivity contribution is 0.102. The number of rotatable bonds is 3. The molecule has 0 aliphatic carbocycles. The molecule has 1 heterocycles. The molecule has 0 atom stereocenters. The molecule has 2 aromatic rings. The Hall–Kier alpha value is -2.56. The first kappa shape index (κ1) is 14.8. The van der Waals surface area contributed by atoms with Gasteiger partial charge in [-0.1, -0.05) is 6.07 Å². The minimum atomic E-state index is -0.402. The Morgan fingerprint density at radius 2 is 2.00 bits per heavy atom. The Kier molecular flexibility index (Phi) is 4.12. The molecule has 1 amide bonds. The number of nitrogens with zero attached hydrogens (tertiary/aromatic N) is 1. The van der Waals surface area contributed by atoms with Gasteiger partial charge >= 0.3 is 0 Å². The third kappa shape index (κ3) is 3.13. The third-order valence-electron chi connectivity index (χ3n) is 3.27. The number of hydrogen-bond acceptors (Lipinski definition) is 3. The number of benzene rings is 1. The second kappa shape index (κ2) is 5.83. The van der Waals surface area contributed by atoms with Crippen LogP contribution in [0, 0.1) is 13.8 Å². The van der Waals surface area contributed by atoms with Crippen molar-refractivity contribution in [3.05, 3.63) is 57.5 Å². The molecule has 0 unspecified atom stereocenters. The van der Waals surface area contributed by atoms with E-state index in [1.165, 1.54) is 10.6 Å². The van der Waals surface area contributed by atoms with Crippen LogP contribution in [0.5, 0.6) is 5.75 Å². The highest BCUT2D eigenvalue weighted by atomic mass is 16.3. The Morgan fingerprint density at radius 1 is 1.29 bits per heavy atom. The molecule has 2 N–H and O–H groups in total. The second-order valence-corrected chi connectivity index (χ2v) is 4.97. The van der Waals surface area contributed by atoms with Crippen molar-refractivity contribution in [2.45, 2.75) is 27.3 Å². The average Bonchev–Trinajstić information content (AvgIpc) is 2.44. The van der Waals surface area contributed by atoms with Crippen LogP contribution in [-0.2, 0) is 6.54 Å². The van der Waals surface area contributed by atoms with Gasteiger partial charge in [0.1, 0.15) is 5.75 Å². The van der Waals surface area contributed by atoms with Crippen molar-refractivity contribution in [2.24, 2.45) is 0 Å². The number of hydrogen-bond donors (Lipinski definition) is 2. The van der Waals surface area contributed by atoms with Crippen molar-refractivity contribution >= 4 is 11.6 Å². The quantitative estimate of drug-likeness (QED) is 0.910. The third-order valence-corrected chi connectivity index (χ3v) is 3.27. The number of carbonyl (C=O) groups excluding carboxylic acids is 1. The summed E-state index contributed by atoms with van der Waals surface area (Å²) < 4.78 is 1.50. The lowest BCUT2D eigenvalue weighted by Crippen LogP contribution is -2.20. The van der Waals surface area contributed by atoms with Gasteiger partial charge in [0, 0.05) is 18.8 Å². The first-order chi connectivity index (χ1) is 9.92. The zero-order valence-electron chi connectivity index (χ0n) is 12.3. The number of aromatic hydroxyl groups is 1. The van der Waals surface area contributed by atoms with Gasteiger partial charge in [-0.3, -0.25) is 9.59 Å². The van der Waals surface area contributed by atoms with Gasteiger partial charge in [0.25, 0.3) is 11.5 Å². The second-order valence-electron chi connectivity index (χ2n) is 4.97. The predicted molar refractivity (Wildman–Crippen MR) is 81.9 cm³/mol. The fourth-order valence-corrected chi connectivity index (χ4v) is 2.18. The Morgan fingerprint density at radius 3 is 2.67 bits per heavy atom. The first-order valence-corrected chi connectivity index (χ1v) is 6.74. The Balaban J connectivity index is 2.32. The highest BCUT2D eigenvalue weighted by Gasteiger charge is 2.14. The number of carbonyl (C=O) groups is 1. The minimum Gasteiger partial charge on any atom is -0.507 e. The van der Waals surface area contributed by atoms with Crippen molar-refractivity contribution in [1.29, 1.82) is 0 Å². The number of anilines is 1. The van der Waals surface area contributed by atoms with Gasteiger partial charge in [-0.05, 0) is 44.0 Å². The van der Waals surface area contributed by atoms with Crippen LogP contribution in [0.15, 0.2) is 35.3 Å². The molecule has 5 nitrogen and oxygen atoms in total. The van der Waals surface area contributed by atoms with E-state index in [4.69, 9.17) is 0 Å². The van der Waals surface area contributed by atoms with Gasteiger partial charge < -0.3 is 15.0 Å². The highest BCUT2D eigenvalue weighted by molar-refractivity contribution is 6.06. The van der Waals surface area contributed by atoms with Crippen LogP contribution in [0.25, 0.3) is 0 Å². The summed E-state index contributed by atoms with van der Waals surface area (Å²) in [5.41, 5.74) is 2.17. The number of pyridine rings is 1. The van der Waals surface area contributed by atoms with Crippen molar-refractivity contribution in [3.63, 3.8) is 0 Å². The maximum absolute atomic E-state index is 12.3. The van der Waals surface area contributed by atoms with Crippen molar-refractivity contribution in [3.8, 4) is 5.75 Å². The Labute approximate surface area is 122 Å². The predicted octanol–water partition coefficient (Wildman–Crippen LogP) is 2.44. The zero-order chi connectivity index (χ0) is 15.6. The summed E-state index contributed by atoms with van der Waals surface area (Å²) in [6.45, 7) is 5.98. The van der Waals surface area contributed by atoms with E-state index in [0.29, 0.717) is 17.8 Å². The van der Waals surface area contributed by atoms with E-state index >= 15 is 0 Å². The SMILES string of the molecule is CCn1cc(NC(=O)c2cc(C)cc(C)c2O)ccc1=O. The van der Waals surface area contributed by atoms with Gasteiger partial charge in [-0.2, -0.15) is 0 Å². The van der Waals surface area contributed by atoms with E-state index in [9.17, 15) is 14.7 Å². The number of phenolic OH excluding ortho intramolecular Hbond substituents is 1. The normalized spacial score (nSPS) is 10.4. The monoisotopic (exact) mass is 286 g/mol. The summed E-state index contributed by atoms with van der Waals surface area (Å²) >= 11 is 0. The molecule has 5 heteroatoms. The molecule has 0 fully saturated rings. The summed E-state index contributed by atoms with van der Waals surface area (Å²) in [6, 6.07) is 6.39. The maximum Gasteiger partial charge on any atom is 0.259 e. The van der Waals surface area contributed by atoms with E-state index < -0.39 is 5.91 Å². The molecule has 0 aliphatic rings. The van der Waals surface area contributed by atoms with Crippen LogP contribution >= 0.6 is 0 Å². The van der Waals surface area contributed by atoms with E-state index in [1.54, 1.807) is 25.3 Å². The summed E-state index contributed by atoms with van der Waals surface area (Å²) in [6.07, 6.45) is 1.58. The van der Waals surface area contributed by atoms with Crippen LogP contribution in [0.3, 0.4) is 0 Å². The van der Waals surface area contributed by atoms with Crippen LogP contribution in [-0.4, -0.2) is 15.6 Å². The van der Waals surface area contributed by atoms with Crippen LogP contribution < -0.4 is 10.9 Å². The average molecular weight is 286 g/mol. The minimum absolute atomic E-state index is 0.0260. The molecule has 2 rings (SSSR count). The van der Waals surface area contributed by atoms with E-state index in [0.717, 1.165) is 5.56 Å². The van der Waals surface area contributed by atoms with Crippen molar-refractivity contribution < 1.29 is 9.90 Å². The molecule has 0 aliphatic heterocycles. The highest BCUT2D eigenvalue weighted by Crippen LogP contribution is 2.24. The van der Waals surface area contributed by atoms with Gasteiger partial charge in [-0.25, -0.2) is 0 Å². The van der Waals surface area contributed by atoms with Gasteiger partial charge in [0.05, 0.1) is 11.3 Å². The fraction of sp³-hybridized carbons (Fsp3) is 0.250. The lowest BCUT2D eigenvalue weighted by atomic mass is 10.0. The number of aromatic nitrogens is 1. The van der Waals surface area contributed by atoms with E-state index in [-0.39, 0.29) is 16.9 Å². The summed E-state index contributed by atoms with van der Waals surface area (Å²) in [5, 5.41) is 12.7. The summed E-state index contributed by atoms with van der Waals surface area (Å²) in [7, 11) is 0. The molecule has 0 spiro atoms. The zero-order valence-corrected chi connectivity index (χ0v) is 12.3. The molecule has 110 valence electrons. The van der Waals surface area contributed by atoms with Crippen LogP contribution in [0.2, 0.25) is 0 Å². The van der Waals surface area contributed by atoms with Crippen LogP contribution in [0.1, 0.15) is 28.4 Å². The lowest BCUT2D eigenvalue weighted by Gasteiger charge is -2.11. The topological polar surface area (TPSA) is 71.3 Å². The van der Waals surface area contributed by atoms with Crippen molar-refractivity contribution in [1.82, 2.24) is 4.57 Å². The molecule has 0 radical (unpaired) electrons. The molecule has 0 saturated heterocycles. The summed E-state index contributed by atoms with van der Waals surface area (Å²) in [4.78, 5) is 23.8. The molecule has 0 saturated carbocycles. The molecule has 0 bridgehead atoms. The number of amides is 1. The number of phenols is 1. The molecular weight excluding hydrogens is 268 g/mol. The number of nitrogens with one attached hydrogen (secondary N) is 1. The molecule has 1 aromatic heterocycles. The van der Waals surface area contributed by atoms with Gasteiger partial charge in [0.2, 0.25) is 0 Å². The first-order valence-electron chi connectivity index (χ1n) is 6.74. The Bertz CT molecular complexity index is 748. The maximum atomic E-state index is 12.3. The summed E-state index contributed by atoms with van der Waals surface area (Å²) in [5.74, 6) is -0.428.